The molecule has 0 saturated carbocycles. The molecule has 0 aliphatic rings. The lowest BCUT2D eigenvalue weighted by molar-refractivity contribution is -0.145. The van der Waals surface area contributed by atoms with Gasteiger partial charge in [-0.2, -0.15) is 5.10 Å². The Labute approximate surface area is 145 Å². The van der Waals surface area contributed by atoms with Gasteiger partial charge in [-0.3, -0.25) is 9.48 Å². The van der Waals surface area contributed by atoms with Gasteiger partial charge < -0.3 is 10.5 Å². The second-order valence-electron chi connectivity index (χ2n) is 5.98. The van der Waals surface area contributed by atoms with Crippen LogP contribution in [0.15, 0.2) is 24.3 Å². The van der Waals surface area contributed by atoms with Crippen LogP contribution in [0.3, 0.4) is 0 Å². The minimum absolute atomic E-state index is 0.0128. The number of carbonyl (C=O) groups is 1. The first kappa shape index (κ1) is 16.9. The SMILES string of the molecule is Cc1nn(C)c(C)c1CCC(=O)OCc1nc(N)c2ccccc2n1. The van der Waals surface area contributed by atoms with Crippen molar-refractivity contribution in [2.24, 2.45) is 7.05 Å². The molecule has 3 aromatic rings. The maximum absolute atomic E-state index is 12.0. The summed E-state index contributed by atoms with van der Waals surface area (Å²) in [6, 6.07) is 7.47. The molecule has 2 heterocycles. The fourth-order valence-corrected chi connectivity index (χ4v) is 2.84. The molecule has 7 heteroatoms. The zero-order valence-electron chi connectivity index (χ0n) is 14.6. The van der Waals surface area contributed by atoms with Crippen LogP contribution in [0.1, 0.15) is 29.2 Å². The molecule has 3 rings (SSSR count). The molecule has 0 aliphatic heterocycles. The smallest absolute Gasteiger partial charge is 0.306 e. The van der Waals surface area contributed by atoms with Gasteiger partial charge in [-0.1, -0.05) is 12.1 Å². The average Bonchev–Trinajstić information content (AvgIpc) is 2.83. The third-order valence-corrected chi connectivity index (χ3v) is 4.28. The highest BCUT2D eigenvalue weighted by Crippen LogP contribution is 2.18. The number of para-hydroxylation sites is 1. The van der Waals surface area contributed by atoms with E-state index >= 15 is 0 Å². The second-order valence-corrected chi connectivity index (χ2v) is 5.98. The first-order valence-corrected chi connectivity index (χ1v) is 8.11. The van der Waals surface area contributed by atoms with Gasteiger partial charge in [0, 0.05) is 24.5 Å². The average molecular weight is 339 g/mol. The number of rotatable bonds is 5. The Bertz CT molecular complexity index is 933. The highest BCUT2D eigenvalue weighted by atomic mass is 16.5. The molecule has 0 unspecified atom stereocenters. The fraction of sp³-hybridized carbons (Fsp3) is 0.333. The Morgan fingerprint density at radius 3 is 2.72 bits per heavy atom. The zero-order chi connectivity index (χ0) is 18.0. The molecule has 0 bridgehead atoms. The molecule has 0 radical (unpaired) electrons. The largest absolute Gasteiger partial charge is 0.457 e. The number of nitrogens with two attached hydrogens (primary N) is 1. The summed E-state index contributed by atoms with van der Waals surface area (Å²) in [6.45, 7) is 3.95. The molecule has 0 atom stereocenters. The number of ether oxygens (including phenoxy) is 1. The summed E-state index contributed by atoms with van der Waals surface area (Å²) in [7, 11) is 1.89. The molecule has 7 nitrogen and oxygen atoms in total. The van der Waals surface area contributed by atoms with Crippen molar-refractivity contribution in [1.82, 2.24) is 19.7 Å². The number of nitrogens with zero attached hydrogens (tertiary/aromatic N) is 4. The van der Waals surface area contributed by atoms with Crippen LogP contribution < -0.4 is 5.73 Å². The summed E-state index contributed by atoms with van der Waals surface area (Å²) in [5, 5.41) is 5.14. The number of benzene rings is 1. The Morgan fingerprint density at radius 1 is 1.24 bits per heavy atom. The van der Waals surface area contributed by atoms with Crippen LogP contribution >= 0.6 is 0 Å². The van der Waals surface area contributed by atoms with Crippen LogP contribution in [0.25, 0.3) is 10.9 Å². The number of esters is 1. The normalized spacial score (nSPS) is 11.0. The van der Waals surface area contributed by atoms with Gasteiger partial charge in [0.2, 0.25) is 0 Å². The van der Waals surface area contributed by atoms with Crippen LogP contribution in [-0.4, -0.2) is 25.7 Å². The number of aryl methyl sites for hydroxylation is 2. The van der Waals surface area contributed by atoms with Crippen LogP contribution in [0, 0.1) is 13.8 Å². The standard InChI is InChI=1S/C18H21N5O2/c1-11-13(12(2)23(3)22-11)8-9-17(24)25-10-16-20-15-7-5-4-6-14(15)18(19)21-16/h4-7H,8-10H2,1-3H3,(H2,19,20,21). The van der Waals surface area contributed by atoms with E-state index in [1.807, 2.05) is 49.8 Å². The summed E-state index contributed by atoms with van der Waals surface area (Å²) in [4.78, 5) is 20.6. The molecule has 0 aliphatic carbocycles. The van der Waals surface area contributed by atoms with E-state index in [0.717, 1.165) is 27.9 Å². The van der Waals surface area contributed by atoms with Crippen molar-refractivity contribution in [3.8, 4) is 0 Å². The third-order valence-electron chi connectivity index (χ3n) is 4.28. The van der Waals surface area contributed by atoms with Gasteiger partial charge >= 0.3 is 5.97 Å². The molecule has 0 fully saturated rings. The molecule has 0 spiro atoms. The first-order valence-electron chi connectivity index (χ1n) is 8.11. The van der Waals surface area contributed by atoms with Gasteiger partial charge in [0.1, 0.15) is 5.82 Å². The van der Waals surface area contributed by atoms with Crippen molar-refractivity contribution in [3.63, 3.8) is 0 Å². The van der Waals surface area contributed by atoms with Gasteiger partial charge in [0.15, 0.2) is 12.4 Å². The van der Waals surface area contributed by atoms with E-state index in [-0.39, 0.29) is 19.0 Å². The Hall–Kier alpha value is -2.96. The van der Waals surface area contributed by atoms with Crippen molar-refractivity contribution >= 4 is 22.7 Å². The highest BCUT2D eigenvalue weighted by molar-refractivity contribution is 5.87. The molecular formula is C18H21N5O2. The van der Waals surface area contributed by atoms with Gasteiger partial charge in [-0.25, -0.2) is 9.97 Å². The van der Waals surface area contributed by atoms with E-state index < -0.39 is 0 Å². The van der Waals surface area contributed by atoms with Gasteiger partial charge in [-0.05, 0) is 38.0 Å². The Morgan fingerprint density at radius 2 is 2.00 bits per heavy atom. The predicted molar refractivity (Wildman–Crippen MR) is 94.7 cm³/mol. The lowest BCUT2D eigenvalue weighted by atomic mass is 10.1. The fourth-order valence-electron chi connectivity index (χ4n) is 2.84. The molecule has 25 heavy (non-hydrogen) atoms. The molecule has 2 aromatic heterocycles. The summed E-state index contributed by atoms with van der Waals surface area (Å²) in [6.07, 6.45) is 0.890. The summed E-state index contributed by atoms with van der Waals surface area (Å²) in [5.41, 5.74) is 9.77. The van der Waals surface area contributed by atoms with Gasteiger partial charge in [0.25, 0.3) is 0 Å². The van der Waals surface area contributed by atoms with Gasteiger partial charge in [0.05, 0.1) is 11.2 Å². The minimum atomic E-state index is -0.294. The quantitative estimate of drug-likeness (QED) is 0.716. The second kappa shape index (κ2) is 6.88. The van der Waals surface area contributed by atoms with E-state index in [9.17, 15) is 4.79 Å². The van der Waals surface area contributed by atoms with E-state index in [1.165, 1.54) is 0 Å². The first-order chi connectivity index (χ1) is 12.0. The Kier molecular flexibility index (Phi) is 4.65. The number of hydrogen-bond donors (Lipinski definition) is 1. The van der Waals surface area contributed by atoms with E-state index in [4.69, 9.17) is 10.5 Å². The van der Waals surface area contributed by atoms with Crippen LogP contribution in [0.4, 0.5) is 5.82 Å². The molecule has 130 valence electrons. The maximum Gasteiger partial charge on any atom is 0.306 e. The van der Waals surface area contributed by atoms with Crippen molar-refractivity contribution < 1.29 is 9.53 Å². The van der Waals surface area contributed by atoms with Crippen LogP contribution in [-0.2, 0) is 29.6 Å². The maximum atomic E-state index is 12.0. The topological polar surface area (TPSA) is 95.9 Å². The molecule has 0 saturated heterocycles. The minimum Gasteiger partial charge on any atom is -0.457 e. The van der Waals surface area contributed by atoms with Crippen molar-refractivity contribution in [1.29, 1.82) is 0 Å². The molecule has 1 aromatic carbocycles. The monoisotopic (exact) mass is 339 g/mol. The summed E-state index contributed by atoms with van der Waals surface area (Å²) < 4.78 is 7.11. The molecular weight excluding hydrogens is 318 g/mol. The summed E-state index contributed by atoms with van der Waals surface area (Å²) >= 11 is 0. The number of anilines is 1. The number of fused-ring (bicyclic) bond motifs is 1. The highest BCUT2D eigenvalue weighted by Gasteiger charge is 2.13. The zero-order valence-corrected chi connectivity index (χ0v) is 14.6. The van der Waals surface area contributed by atoms with Crippen molar-refractivity contribution in [2.75, 3.05) is 5.73 Å². The van der Waals surface area contributed by atoms with Gasteiger partial charge in [-0.15, -0.1) is 0 Å². The third kappa shape index (κ3) is 3.60. The van der Waals surface area contributed by atoms with E-state index in [1.54, 1.807) is 0 Å². The van der Waals surface area contributed by atoms with Crippen molar-refractivity contribution in [2.45, 2.75) is 33.3 Å². The lowest BCUT2D eigenvalue weighted by Crippen LogP contribution is -2.09. The number of hydrogen-bond acceptors (Lipinski definition) is 6. The van der Waals surface area contributed by atoms with Crippen LogP contribution in [0.2, 0.25) is 0 Å². The summed E-state index contributed by atoms with van der Waals surface area (Å²) in [5.74, 6) is 0.495. The van der Waals surface area contributed by atoms with E-state index in [0.29, 0.717) is 18.1 Å². The molecule has 2 N–H and O–H groups in total. The number of carbonyl (C=O) groups excluding carboxylic acids is 1. The molecule has 0 amide bonds. The van der Waals surface area contributed by atoms with Crippen molar-refractivity contribution in [3.05, 3.63) is 47.0 Å². The van der Waals surface area contributed by atoms with Crippen LogP contribution in [0.5, 0.6) is 0 Å². The number of aromatic nitrogens is 4. The van der Waals surface area contributed by atoms with E-state index in [2.05, 4.69) is 15.1 Å². The number of nitrogen functional groups attached to an aromatic ring is 1. The Balaban J connectivity index is 1.61. The predicted octanol–water partition coefficient (Wildman–Crippen LogP) is 2.24. The lowest BCUT2D eigenvalue weighted by Gasteiger charge is -2.07.